The van der Waals surface area contributed by atoms with Gasteiger partial charge in [-0.2, -0.15) is 0 Å². The lowest BCUT2D eigenvalue weighted by molar-refractivity contribution is 0.126. The molecule has 0 aromatic carbocycles. The fourth-order valence-corrected chi connectivity index (χ4v) is 1.21. The monoisotopic (exact) mass is 126 g/mol. The van der Waals surface area contributed by atoms with E-state index in [2.05, 4.69) is 16.9 Å². The molecule has 2 heterocycles. The molecule has 0 aromatic rings. The van der Waals surface area contributed by atoms with Gasteiger partial charge >= 0.3 is 0 Å². The minimum atomic E-state index is 0.582. The molecule has 0 aliphatic carbocycles. The van der Waals surface area contributed by atoms with E-state index < -0.39 is 0 Å². The number of ether oxygens (including phenoxy) is 1. The molecule has 2 aliphatic heterocycles. The summed E-state index contributed by atoms with van der Waals surface area (Å²) < 4.78 is 5.23. The molecular weight excluding hydrogens is 116 g/mol. The molecule has 2 rings (SSSR count). The van der Waals surface area contributed by atoms with E-state index in [1.54, 1.807) is 0 Å². The van der Waals surface area contributed by atoms with Gasteiger partial charge in [-0.25, -0.2) is 5.43 Å². The molecular formula is C6H10N2O. The highest BCUT2D eigenvalue weighted by molar-refractivity contribution is 5.10. The maximum Gasteiger partial charge on any atom is 0.0667 e. The average molecular weight is 126 g/mol. The first-order valence-electron chi connectivity index (χ1n) is 3.23. The van der Waals surface area contributed by atoms with Crippen molar-refractivity contribution in [2.45, 2.75) is 0 Å². The third-order valence-electron chi connectivity index (χ3n) is 1.76. The second-order valence-electron chi connectivity index (χ2n) is 2.40. The molecule has 1 saturated heterocycles. The number of hydrogen-bond donors (Lipinski definition) is 2. The molecule has 1 atom stereocenters. The minimum absolute atomic E-state index is 0.582. The Hall–Kier alpha value is -0.540. The second kappa shape index (κ2) is 2.01. The zero-order chi connectivity index (χ0) is 6.10. The smallest absolute Gasteiger partial charge is 0.0667 e. The Morgan fingerprint density at radius 3 is 3.56 bits per heavy atom. The first-order chi connectivity index (χ1) is 4.47. The van der Waals surface area contributed by atoms with E-state index in [-0.39, 0.29) is 0 Å². The Kier molecular flexibility index (Phi) is 1.17. The first-order valence-corrected chi connectivity index (χ1v) is 3.23. The van der Waals surface area contributed by atoms with Crippen molar-refractivity contribution >= 4 is 0 Å². The molecule has 0 aromatic heterocycles. The van der Waals surface area contributed by atoms with Crippen molar-refractivity contribution < 1.29 is 4.74 Å². The van der Waals surface area contributed by atoms with Crippen LogP contribution in [-0.2, 0) is 4.74 Å². The highest BCUT2D eigenvalue weighted by atomic mass is 16.5. The van der Waals surface area contributed by atoms with Crippen LogP contribution in [0.25, 0.3) is 0 Å². The number of nitrogens with one attached hydrogen (secondary N) is 2. The molecule has 1 unspecified atom stereocenters. The number of hydrogen-bond acceptors (Lipinski definition) is 3. The van der Waals surface area contributed by atoms with Crippen LogP contribution in [0, 0.1) is 5.92 Å². The lowest BCUT2D eigenvalue weighted by Crippen LogP contribution is -2.21. The van der Waals surface area contributed by atoms with Crippen LogP contribution in [0.1, 0.15) is 0 Å². The van der Waals surface area contributed by atoms with E-state index in [1.807, 2.05) is 0 Å². The molecule has 1 fully saturated rings. The average Bonchev–Trinajstić information content (AvgIpc) is 2.33. The molecule has 3 nitrogen and oxygen atoms in total. The van der Waals surface area contributed by atoms with Gasteiger partial charge in [0.1, 0.15) is 0 Å². The molecule has 2 aliphatic rings. The molecule has 9 heavy (non-hydrogen) atoms. The van der Waals surface area contributed by atoms with Crippen molar-refractivity contribution in [1.82, 2.24) is 10.9 Å². The van der Waals surface area contributed by atoms with E-state index in [9.17, 15) is 0 Å². The van der Waals surface area contributed by atoms with E-state index in [4.69, 9.17) is 4.74 Å². The molecule has 0 amide bonds. The van der Waals surface area contributed by atoms with Crippen molar-refractivity contribution in [2.24, 2.45) is 5.92 Å². The summed E-state index contributed by atoms with van der Waals surface area (Å²) in [5.74, 6) is 0.582. The van der Waals surface area contributed by atoms with Gasteiger partial charge in [-0.1, -0.05) is 0 Å². The second-order valence-corrected chi connectivity index (χ2v) is 2.40. The van der Waals surface area contributed by atoms with E-state index in [0.717, 1.165) is 19.8 Å². The maximum absolute atomic E-state index is 5.23. The number of fused-ring (bicyclic) bond motifs is 1. The minimum Gasteiger partial charge on any atom is -0.377 e. The van der Waals surface area contributed by atoms with Crippen LogP contribution in [0.4, 0.5) is 0 Å². The van der Waals surface area contributed by atoms with Crippen molar-refractivity contribution in [2.75, 3.05) is 19.8 Å². The van der Waals surface area contributed by atoms with E-state index >= 15 is 0 Å². The van der Waals surface area contributed by atoms with Gasteiger partial charge < -0.3 is 10.2 Å². The van der Waals surface area contributed by atoms with Crippen LogP contribution in [0.3, 0.4) is 0 Å². The predicted molar refractivity (Wildman–Crippen MR) is 33.5 cm³/mol. The third kappa shape index (κ3) is 0.821. The van der Waals surface area contributed by atoms with Crippen LogP contribution in [0.5, 0.6) is 0 Å². The van der Waals surface area contributed by atoms with Crippen LogP contribution in [0.2, 0.25) is 0 Å². The van der Waals surface area contributed by atoms with Gasteiger partial charge in [0.05, 0.1) is 13.2 Å². The zero-order valence-electron chi connectivity index (χ0n) is 5.18. The van der Waals surface area contributed by atoms with Crippen molar-refractivity contribution in [3.8, 4) is 0 Å². The largest absolute Gasteiger partial charge is 0.377 e. The summed E-state index contributed by atoms with van der Waals surface area (Å²) in [4.78, 5) is 0. The molecule has 0 bridgehead atoms. The summed E-state index contributed by atoms with van der Waals surface area (Å²) in [7, 11) is 0. The Morgan fingerprint density at radius 2 is 2.67 bits per heavy atom. The Balaban J connectivity index is 2.16. The highest BCUT2D eigenvalue weighted by Gasteiger charge is 2.22. The lowest BCUT2D eigenvalue weighted by Gasteiger charge is -2.14. The van der Waals surface area contributed by atoms with Gasteiger partial charge in [0, 0.05) is 18.2 Å². The van der Waals surface area contributed by atoms with Gasteiger partial charge in [0.2, 0.25) is 0 Å². The predicted octanol–water partition coefficient (Wildman–Crippen LogP) is -0.376. The van der Waals surface area contributed by atoms with E-state index in [0.29, 0.717) is 5.92 Å². The summed E-state index contributed by atoms with van der Waals surface area (Å²) in [6.07, 6.45) is 2.09. The quantitative estimate of drug-likeness (QED) is 0.464. The summed E-state index contributed by atoms with van der Waals surface area (Å²) in [5.41, 5.74) is 7.46. The Bertz CT molecular complexity index is 144. The van der Waals surface area contributed by atoms with Gasteiger partial charge in [0.25, 0.3) is 0 Å². The molecule has 0 spiro atoms. The Morgan fingerprint density at radius 1 is 1.67 bits per heavy atom. The summed E-state index contributed by atoms with van der Waals surface area (Å²) >= 11 is 0. The summed E-state index contributed by atoms with van der Waals surface area (Å²) in [6, 6.07) is 0. The summed E-state index contributed by atoms with van der Waals surface area (Å²) in [6.45, 7) is 2.64. The highest BCUT2D eigenvalue weighted by Crippen LogP contribution is 2.15. The topological polar surface area (TPSA) is 33.3 Å². The van der Waals surface area contributed by atoms with Crippen molar-refractivity contribution in [3.05, 3.63) is 11.8 Å². The van der Waals surface area contributed by atoms with E-state index in [1.165, 1.54) is 5.70 Å². The van der Waals surface area contributed by atoms with Crippen LogP contribution < -0.4 is 10.9 Å². The fourth-order valence-electron chi connectivity index (χ4n) is 1.21. The normalized spacial score (nSPS) is 32.9. The van der Waals surface area contributed by atoms with Gasteiger partial charge in [-0.05, 0) is 6.08 Å². The Labute approximate surface area is 54.0 Å². The van der Waals surface area contributed by atoms with Crippen molar-refractivity contribution in [1.29, 1.82) is 0 Å². The number of hydrazine groups is 1. The maximum atomic E-state index is 5.23. The van der Waals surface area contributed by atoms with Crippen LogP contribution in [-0.4, -0.2) is 19.8 Å². The van der Waals surface area contributed by atoms with Crippen LogP contribution in [0.15, 0.2) is 11.8 Å². The van der Waals surface area contributed by atoms with Crippen molar-refractivity contribution in [3.63, 3.8) is 0 Å². The lowest BCUT2D eigenvalue weighted by atomic mass is 10.1. The zero-order valence-corrected chi connectivity index (χ0v) is 5.18. The summed E-state index contributed by atoms with van der Waals surface area (Å²) in [5, 5.41) is 0. The van der Waals surface area contributed by atoms with Gasteiger partial charge in [-0.15, -0.1) is 0 Å². The van der Waals surface area contributed by atoms with Gasteiger partial charge in [0.15, 0.2) is 0 Å². The number of rotatable bonds is 0. The molecule has 3 heteroatoms. The molecule has 2 N–H and O–H groups in total. The first kappa shape index (κ1) is 5.26. The standard InChI is InChI=1S/C6H10N2O/c1-2-9-4-5-3-7-8-6(1)5/h1,5,7-8H,2-4H2. The molecule has 0 saturated carbocycles. The van der Waals surface area contributed by atoms with Gasteiger partial charge in [-0.3, -0.25) is 0 Å². The molecule has 0 radical (unpaired) electrons. The third-order valence-corrected chi connectivity index (χ3v) is 1.76. The fraction of sp³-hybridized carbons (Fsp3) is 0.667. The van der Waals surface area contributed by atoms with Crippen LogP contribution >= 0.6 is 0 Å². The molecule has 50 valence electrons. The SMILES string of the molecule is C1=C2NNCC2COC1.